The Bertz CT molecular complexity index is 3310. The van der Waals surface area contributed by atoms with Crippen LogP contribution in [-0.4, -0.2) is 14.1 Å². The topological polar surface area (TPSA) is 35.9 Å². The van der Waals surface area contributed by atoms with E-state index in [2.05, 4.69) is 246 Å². The van der Waals surface area contributed by atoms with Gasteiger partial charge in [-0.05, 0) is 104 Å². The second-order valence-electron chi connectivity index (χ2n) is 20.4. The lowest BCUT2D eigenvalue weighted by atomic mass is 9.85. The van der Waals surface area contributed by atoms with Crippen molar-refractivity contribution in [3.63, 3.8) is 0 Å². The number of pyridine rings is 1. The van der Waals surface area contributed by atoms with E-state index >= 15 is 0 Å². The van der Waals surface area contributed by atoms with Crippen LogP contribution in [0.25, 0.3) is 72.3 Å². The quantitative estimate of drug-likeness (QED) is 0.118. The summed E-state index contributed by atoms with van der Waals surface area (Å²) in [5, 5.41) is 2.33. The van der Waals surface area contributed by atoms with E-state index in [1.807, 2.05) is 12.3 Å². The van der Waals surface area contributed by atoms with Crippen LogP contribution in [0.1, 0.15) is 79.0 Å². The molecule has 0 aliphatic heterocycles. The zero-order chi connectivity index (χ0) is 45.3. The molecule has 65 heavy (non-hydrogen) atoms. The van der Waals surface area contributed by atoms with Crippen LogP contribution in [-0.2, 0) is 16.2 Å². The molecule has 0 aliphatic rings. The number of aromatic nitrogens is 4. The summed E-state index contributed by atoms with van der Waals surface area (Å²) in [6.07, 6.45) is 5.77. The van der Waals surface area contributed by atoms with Crippen LogP contribution in [0, 0.1) is 6.33 Å². The fourth-order valence-corrected chi connectivity index (χ4v) is 9.06. The maximum atomic E-state index is 6.77. The molecule has 5 nitrogen and oxygen atoms in total. The van der Waals surface area contributed by atoms with Crippen molar-refractivity contribution in [2.75, 3.05) is 0 Å². The van der Waals surface area contributed by atoms with Gasteiger partial charge in [0, 0.05) is 23.0 Å². The minimum absolute atomic E-state index is 0.0140. The fraction of sp³-hybridized carbons (Fsp3) is 0.200. The molecule has 10 rings (SSSR count). The van der Waals surface area contributed by atoms with E-state index in [4.69, 9.17) is 9.72 Å². The number of rotatable bonds is 7. The molecule has 0 N–H and O–H groups in total. The highest BCUT2D eigenvalue weighted by atomic mass is 16.5. The van der Waals surface area contributed by atoms with Crippen LogP contribution in [0.4, 0.5) is 0 Å². The van der Waals surface area contributed by atoms with E-state index in [0.29, 0.717) is 0 Å². The summed E-state index contributed by atoms with van der Waals surface area (Å²) in [4.78, 5) is 4.89. The van der Waals surface area contributed by atoms with Crippen LogP contribution in [0.3, 0.4) is 0 Å². The first-order valence-corrected chi connectivity index (χ1v) is 22.7. The van der Waals surface area contributed by atoms with Gasteiger partial charge in [-0.1, -0.05) is 178 Å². The molecule has 3 aromatic heterocycles. The molecule has 10 aromatic rings. The lowest BCUT2D eigenvalue weighted by Crippen LogP contribution is -2.31. The van der Waals surface area contributed by atoms with Gasteiger partial charge in [-0.15, -0.1) is 0 Å². The monoisotopic (exact) mass is 848 g/mol. The highest BCUT2D eigenvalue weighted by molar-refractivity contribution is 6.09. The molecule has 0 amide bonds. The zero-order valence-corrected chi connectivity index (χ0v) is 38.9. The maximum Gasteiger partial charge on any atom is 0.269 e. The van der Waals surface area contributed by atoms with E-state index in [-0.39, 0.29) is 16.2 Å². The summed E-state index contributed by atoms with van der Waals surface area (Å²) < 4.78 is 13.4. The molecule has 5 heteroatoms. The van der Waals surface area contributed by atoms with Crippen LogP contribution >= 0.6 is 0 Å². The number of fused-ring (bicyclic) bond motifs is 4. The third-order valence-electron chi connectivity index (χ3n) is 12.7. The molecule has 0 atom stereocenters. The molecule has 0 unspecified atom stereocenters. The molecule has 322 valence electrons. The molecule has 7 aromatic carbocycles. The van der Waals surface area contributed by atoms with Crippen molar-refractivity contribution in [3.05, 3.63) is 199 Å². The Morgan fingerprint density at radius 3 is 1.69 bits per heavy atom. The van der Waals surface area contributed by atoms with Gasteiger partial charge in [0.15, 0.2) is 0 Å². The first-order chi connectivity index (χ1) is 31.1. The molecule has 0 aliphatic carbocycles. The zero-order valence-electron chi connectivity index (χ0n) is 38.9. The molecular formula is C60H56N4O. The lowest BCUT2D eigenvalue weighted by Gasteiger charge is -2.21. The number of ether oxygens (including phenoxy) is 1. The minimum Gasteiger partial charge on any atom is -0.458 e. The van der Waals surface area contributed by atoms with Gasteiger partial charge in [0.2, 0.25) is 0 Å². The number of para-hydroxylation sites is 4. The molecule has 0 saturated carbocycles. The second-order valence-corrected chi connectivity index (χ2v) is 20.4. The smallest absolute Gasteiger partial charge is 0.269 e. The Morgan fingerprint density at radius 2 is 1.05 bits per heavy atom. The van der Waals surface area contributed by atoms with Crippen molar-refractivity contribution >= 4 is 32.8 Å². The molecular weight excluding hydrogens is 793 g/mol. The van der Waals surface area contributed by atoms with Crippen LogP contribution in [0.15, 0.2) is 176 Å². The molecule has 0 spiro atoms. The van der Waals surface area contributed by atoms with Crippen LogP contribution in [0.2, 0.25) is 0 Å². The highest BCUT2D eigenvalue weighted by Gasteiger charge is 2.23. The first-order valence-electron chi connectivity index (χ1n) is 22.7. The maximum absolute atomic E-state index is 6.77. The van der Waals surface area contributed by atoms with Gasteiger partial charge in [-0.2, -0.15) is 0 Å². The van der Waals surface area contributed by atoms with Crippen LogP contribution in [0.5, 0.6) is 11.5 Å². The number of hydrogen-bond acceptors (Lipinski definition) is 2. The van der Waals surface area contributed by atoms with Crippen molar-refractivity contribution < 1.29 is 9.30 Å². The SMILES string of the molecule is CC(C)(C)c1ccc(-c2cccc(-c3ccc(C(C)(C)C)cc3)c2-[n+]2[c-]n(-c3cccc(Oc4ccc5c6ccccc6n(-c6cc(C(C)(C)C)ccn6)c5c4)c3)c3ccccc32)cc1. The summed E-state index contributed by atoms with van der Waals surface area (Å²) >= 11 is 0. The van der Waals surface area contributed by atoms with Crippen LogP contribution < -0.4 is 9.30 Å². The minimum atomic E-state index is -0.0140. The highest BCUT2D eigenvalue weighted by Crippen LogP contribution is 2.39. The Kier molecular flexibility index (Phi) is 10.1. The number of benzene rings is 7. The Morgan fingerprint density at radius 1 is 0.477 bits per heavy atom. The molecule has 0 bridgehead atoms. The fourth-order valence-electron chi connectivity index (χ4n) is 9.06. The van der Waals surface area contributed by atoms with E-state index in [1.54, 1.807) is 0 Å². The van der Waals surface area contributed by atoms with Gasteiger partial charge in [0.25, 0.3) is 6.33 Å². The summed E-state index contributed by atoms with van der Waals surface area (Å²) in [6.45, 7) is 20.3. The summed E-state index contributed by atoms with van der Waals surface area (Å²) in [5.41, 5.74) is 14.8. The molecule has 0 radical (unpaired) electrons. The van der Waals surface area contributed by atoms with Crippen molar-refractivity contribution in [1.82, 2.24) is 14.1 Å². The summed E-state index contributed by atoms with van der Waals surface area (Å²) in [6, 6.07) is 60.9. The van der Waals surface area contributed by atoms with Gasteiger partial charge in [-0.25, -0.2) is 4.98 Å². The summed E-state index contributed by atoms with van der Waals surface area (Å²) in [7, 11) is 0. The van der Waals surface area contributed by atoms with Gasteiger partial charge in [-0.3, -0.25) is 13.7 Å². The number of hydrogen-bond donors (Lipinski definition) is 0. The summed E-state index contributed by atoms with van der Waals surface area (Å²) in [5.74, 6) is 2.37. The van der Waals surface area contributed by atoms with Crippen molar-refractivity contribution in [3.8, 4) is 50.9 Å². The van der Waals surface area contributed by atoms with E-state index in [1.165, 1.54) is 22.1 Å². The predicted molar refractivity (Wildman–Crippen MR) is 269 cm³/mol. The van der Waals surface area contributed by atoms with Gasteiger partial charge < -0.3 is 4.74 Å². The first kappa shape index (κ1) is 41.8. The normalized spacial score (nSPS) is 12.4. The van der Waals surface area contributed by atoms with Crippen molar-refractivity contribution in [2.24, 2.45) is 0 Å². The van der Waals surface area contributed by atoms with Gasteiger partial charge in [0.05, 0.1) is 33.4 Å². The third-order valence-corrected chi connectivity index (χ3v) is 12.7. The van der Waals surface area contributed by atoms with Crippen molar-refractivity contribution in [1.29, 1.82) is 0 Å². The average Bonchev–Trinajstić information content (AvgIpc) is 3.84. The average molecular weight is 849 g/mol. The third kappa shape index (κ3) is 7.80. The van der Waals surface area contributed by atoms with Crippen molar-refractivity contribution in [2.45, 2.75) is 78.6 Å². The van der Waals surface area contributed by atoms with E-state index in [9.17, 15) is 0 Å². The molecule has 3 heterocycles. The van der Waals surface area contributed by atoms with E-state index < -0.39 is 0 Å². The van der Waals surface area contributed by atoms with Gasteiger partial charge in [0.1, 0.15) is 17.3 Å². The largest absolute Gasteiger partial charge is 0.458 e. The second kappa shape index (κ2) is 15.8. The molecule has 0 fully saturated rings. The Labute approximate surface area is 383 Å². The standard InChI is InChI=1S/C60H56N4O/c1-58(2,3)42-28-24-40(25-29-42)48-19-15-20-49(41-26-30-43(31-27-41)59(4,5)6)57(48)63-39-62(53-22-12-13-23-54(53)63)45-16-14-17-46(37-45)65-47-32-33-51-50-18-10-11-21-52(50)64(55(51)38-47)56-36-44(34-35-61-56)60(7,8)9/h10-38H,1-9H3. The Hall–Kier alpha value is -7.24. The lowest BCUT2D eigenvalue weighted by molar-refractivity contribution is -0.571. The Balaban J connectivity index is 1.09. The van der Waals surface area contributed by atoms with E-state index in [0.717, 1.165) is 78.4 Å². The van der Waals surface area contributed by atoms with Gasteiger partial charge >= 0.3 is 0 Å². The molecule has 0 saturated heterocycles. The number of nitrogens with zero attached hydrogens (tertiary/aromatic N) is 4. The number of imidazole rings is 1. The predicted octanol–water partition coefficient (Wildman–Crippen LogP) is 15.2.